The molecule has 1 aromatic rings. The zero-order chi connectivity index (χ0) is 14.3. The summed E-state index contributed by atoms with van der Waals surface area (Å²) >= 11 is 5.87. The van der Waals surface area contributed by atoms with Gasteiger partial charge in [0, 0.05) is 12.6 Å². The minimum atomic E-state index is -0.901. The Balaban J connectivity index is 1.88. The second kappa shape index (κ2) is 4.48. The third kappa shape index (κ3) is 2.11. The lowest BCUT2D eigenvalue weighted by atomic mass is 9.89. The van der Waals surface area contributed by atoms with Crippen LogP contribution in [0, 0.1) is 0 Å². The smallest absolute Gasteiger partial charge is 0.322 e. The summed E-state index contributed by atoms with van der Waals surface area (Å²) in [4.78, 5) is 33.1. The molecule has 3 heterocycles. The van der Waals surface area contributed by atoms with Crippen LogP contribution in [0.2, 0.25) is 5.15 Å². The molecule has 0 bridgehead atoms. The van der Waals surface area contributed by atoms with Crippen LogP contribution < -0.4 is 21.3 Å². The van der Waals surface area contributed by atoms with Crippen molar-refractivity contribution in [2.24, 2.45) is 0 Å². The number of piperidine rings is 1. The number of nitrogen functional groups attached to an aromatic ring is 1. The van der Waals surface area contributed by atoms with Crippen molar-refractivity contribution >= 4 is 35.3 Å². The van der Waals surface area contributed by atoms with E-state index < -0.39 is 11.6 Å². The Morgan fingerprint density at radius 1 is 1.40 bits per heavy atom. The van der Waals surface area contributed by atoms with Crippen molar-refractivity contribution < 1.29 is 9.59 Å². The zero-order valence-corrected chi connectivity index (χ0v) is 11.3. The van der Waals surface area contributed by atoms with Gasteiger partial charge in [-0.2, -0.15) is 4.98 Å². The number of carbonyl (C=O) groups excluding carboxylic acids is 2. The highest BCUT2D eigenvalue weighted by molar-refractivity contribution is 6.29. The molecule has 1 atom stereocenters. The number of amides is 3. The molecule has 2 fully saturated rings. The van der Waals surface area contributed by atoms with Gasteiger partial charge in [-0.15, -0.1) is 0 Å². The van der Waals surface area contributed by atoms with Gasteiger partial charge in [0.25, 0.3) is 5.91 Å². The van der Waals surface area contributed by atoms with E-state index in [9.17, 15) is 9.59 Å². The summed E-state index contributed by atoms with van der Waals surface area (Å²) in [6.45, 7) is 1.04. The minimum Gasteiger partial charge on any atom is -0.368 e. The van der Waals surface area contributed by atoms with Crippen molar-refractivity contribution in [3.63, 3.8) is 0 Å². The van der Waals surface area contributed by atoms with E-state index in [4.69, 9.17) is 17.3 Å². The Hall–Kier alpha value is -2.09. The van der Waals surface area contributed by atoms with Gasteiger partial charge >= 0.3 is 6.03 Å². The number of nitrogens with one attached hydrogen (secondary N) is 2. The summed E-state index contributed by atoms with van der Waals surface area (Å²) < 4.78 is 0. The number of nitrogens with zero attached hydrogens (tertiary/aromatic N) is 3. The monoisotopic (exact) mass is 296 g/mol. The van der Waals surface area contributed by atoms with Crippen LogP contribution in [0.1, 0.15) is 12.8 Å². The van der Waals surface area contributed by atoms with E-state index in [0.717, 1.165) is 6.42 Å². The first-order valence-corrected chi connectivity index (χ1v) is 6.55. The van der Waals surface area contributed by atoms with E-state index in [-0.39, 0.29) is 17.0 Å². The molecule has 2 aliphatic rings. The third-order valence-electron chi connectivity index (χ3n) is 3.53. The molecule has 9 heteroatoms. The van der Waals surface area contributed by atoms with Gasteiger partial charge in [0.15, 0.2) is 0 Å². The second-order valence-corrected chi connectivity index (χ2v) is 5.31. The lowest BCUT2D eigenvalue weighted by molar-refractivity contribution is -0.124. The van der Waals surface area contributed by atoms with Crippen LogP contribution in [0.25, 0.3) is 0 Å². The lowest BCUT2D eigenvalue weighted by Gasteiger charge is -2.38. The first-order chi connectivity index (χ1) is 9.48. The lowest BCUT2D eigenvalue weighted by Crippen LogP contribution is -2.58. The SMILES string of the molecule is Nc1nc(Cl)cc(N2CCCC3(C2)NC(=O)NC3=O)n1. The van der Waals surface area contributed by atoms with Crippen molar-refractivity contribution in [3.8, 4) is 0 Å². The van der Waals surface area contributed by atoms with Crippen molar-refractivity contribution in [2.45, 2.75) is 18.4 Å². The van der Waals surface area contributed by atoms with Crippen LogP contribution in [-0.4, -0.2) is 40.5 Å². The van der Waals surface area contributed by atoms with Gasteiger partial charge in [0.05, 0.1) is 6.54 Å². The molecule has 1 unspecified atom stereocenters. The maximum absolute atomic E-state index is 12.0. The highest BCUT2D eigenvalue weighted by Crippen LogP contribution is 2.28. The Labute approximate surface area is 119 Å². The Morgan fingerprint density at radius 3 is 2.85 bits per heavy atom. The molecular weight excluding hydrogens is 284 g/mol. The van der Waals surface area contributed by atoms with Gasteiger partial charge in [-0.05, 0) is 12.8 Å². The number of nitrogens with two attached hydrogens (primary N) is 1. The topological polar surface area (TPSA) is 113 Å². The van der Waals surface area contributed by atoms with Crippen LogP contribution in [-0.2, 0) is 4.79 Å². The Kier molecular flexibility index (Phi) is 2.89. The van der Waals surface area contributed by atoms with Crippen molar-refractivity contribution in [1.82, 2.24) is 20.6 Å². The highest BCUT2D eigenvalue weighted by Gasteiger charge is 2.48. The molecule has 0 aromatic carbocycles. The molecule has 2 aliphatic heterocycles. The van der Waals surface area contributed by atoms with Gasteiger partial charge < -0.3 is 16.0 Å². The number of rotatable bonds is 1. The van der Waals surface area contributed by atoms with Crippen LogP contribution in [0.15, 0.2) is 6.07 Å². The first kappa shape index (κ1) is 12.9. The summed E-state index contributed by atoms with van der Waals surface area (Å²) in [7, 11) is 0. The molecule has 106 valence electrons. The maximum Gasteiger partial charge on any atom is 0.322 e. The summed E-state index contributed by atoms with van der Waals surface area (Å²) in [6.07, 6.45) is 1.34. The van der Waals surface area contributed by atoms with Gasteiger partial charge in [0.2, 0.25) is 5.95 Å². The first-order valence-electron chi connectivity index (χ1n) is 6.17. The standard InChI is InChI=1S/C11H13ClN6O2/c12-6-4-7(15-9(13)14-6)18-3-1-2-11(5-18)8(19)16-10(20)17-11/h4H,1-3,5H2,(H2,13,14,15)(H2,16,17,19,20). The Morgan fingerprint density at radius 2 is 2.20 bits per heavy atom. The van der Waals surface area contributed by atoms with Crippen LogP contribution >= 0.6 is 11.6 Å². The number of hydrogen-bond acceptors (Lipinski definition) is 6. The number of urea groups is 1. The fourth-order valence-electron chi connectivity index (χ4n) is 2.65. The van der Waals surface area contributed by atoms with E-state index in [2.05, 4.69) is 20.6 Å². The highest BCUT2D eigenvalue weighted by atomic mass is 35.5. The fraction of sp³-hybridized carbons (Fsp3) is 0.455. The number of anilines is 2. The third-order valence-corrected chi connectivity index (χ3v) is 3.72. The van der Waals surface area contributed by atoms with Crippen molar-refractivity contribution in [3.05, 3.63) is 11.2 Å². The number of halogens is 1. The molecular formula is C11H13ClN6O2. The van der Waals surface area contributed by atoms with E-state index in [1.165, 1.54) is 0 Å². The minimum absolute atomic E-state index is 0.0760. The van der Waals surface area contributed by atoms with Gasteiger partial charge in [-0.1, -0.05) is 11.6 Å². The van der Waals surface area contributed by atoms with Crippen molar-refractivity contribution in [1.29, 1.82) is 0 Å². The molecule has 3 amide bonds. The zero-order valence-electron chi connectivity index (χ0n) is 10.5. The van der Waals surface area contributed by atoms with E-state index in [1.54, 1.807) is 6.07 Å². The van der Waals surface area contributed by atoms with E-state index in [1.807, 2.05) is 4.90 Å². The van der Waals surface area contributed by atoms with Gasteiger partial charge in [-0.25, -0.2) is 9.78 Å². The predicted octanol–water partition coefficient (Wildman–Crippen LogP) is -0.109. The number of aromatic nitrogens is 2. The number of carbonyl (C=O) groups is 2. The molecule has 4 N–H and O–H groups in total. The summed E-state index contributed by atoms with van der Waals surface area (Å²) in [5.41, 5.74) is 4.68. The molecule has 3 rings (SSSR count). The number of hydrogen-bond donors (Lipinski definition) is 3. The Bertz CT molecular complexity index is 574. The van der Waals surface area contributed by atoms with Crippen molar-refractivity contribution in [2.75, 3.05) is 23.7 Å². The summed E-state index contributed by atoms with van der Waals surface area (Å²) in [5.74, 6) is 0.322. The molecule has 0 saturated carbocycles. The number of imide groups is 1. The maximum atomic E-state index is 12.0. The predicted molar refractivity (Wildman–Crippen MR) is 72.3 cm³/mol. The normalized spacial score (nSPS) is 25.8. The molecule has 1 aromatic heterocycles. The molecule has 1 spiro atoms. The molecule has 2 saturated heterocycles. The van der Waals surface area contributed by atoms with Crippen LogP contribution in [0.3, 0.4) is 0 Å². The second-order valence-electron chi connectivity index (χ2n) is 4.92. The molecule has 20 heavy (non-hydrogen) atoms. The van der Waals surface area contributed by atoms with Crippen LogP contribution in [0.5, 0.6) is 0 Å². The largest absolute Gasteiger partial charge is 0.368 e. The molecule has 8 nitrogen and oxygen atoms in total. The van der Waals surface area contributed by atoms with Gasteiger partial charge in [-0.3, -0.25) is 10.1 Å². The average Bonchev–Trinajstić information content (AvgIpc) is 2.62. The quantitative estimate of drug-likeness (QED) is 0.492. The molecule has 0 radical (unpaired) electrons. The van der Waals surface area contributed by atoms with Crippen LogP contribution in [0.4, 0.5) is 16.6 Å². The fourth-order valence-corrected chi connectivity index (χ4v) is 2.84. The summed E-state index contributed by atoms with van der Waals surface area (Å²) in [6, 6.07) is 1.13. The average molecular weight is 297 g/mol. The van der Waals surface area contributed by atoms with E-state index >= 15 is 0 Å². The molecule has 0 aliphatic carbocycles. The van der Waals surface area contributed by atoms with E-state index in [0.29, 0.717) is 25.3 Å². The summed E-state index contributed by atoms with van der Waals surface area (Å²) in [5, 5.41) is 5.21. The van der Waals surface area contributed by atoms with Gasteiger partial charge in [0.1, 0.15) is 16.5 Å².